The number of rotatable bonds is 6. The quantitative estimate of drug-likeness (QED) is 0.184. The summed E-state index contributed by atoms with van der Waals surface area (Å²) in [7, 11) is 0. The molecule has 0 fully saturated rings. The van der Waals surface area contributed by atoms with E-state index in [9.17, 15) is 0 Å². The number of benzene rings is 7. The summed E-state index contributed by atoms with van der Waals surface area (Å²) in [4.78, 5) is 10.5. The van der Waals surface area contributed by atoms with Crippen molar-refractivity contribution >= 4 is 21.9 Å². The minimum Gasteiger partial charge on any atom is -0.455 e. The number of furan rings is 1. The maximum Gasteiger partial charge on any atom is 0.160 e. The van der Waals surface area contributed by atoms with Crippen LogP contribution in [0, 0.1) is 0 Å². The monoisotopic (exact) mass is 626 g/mol. The smallest absolute Gasteiger partial charge is 0.160 e. The third-order valence-corrected chi connectivity index (χ3v) is 9.11. The summed E-state index contributed by atoms with van der Waals surface area (Å²) < 4.78 is 6.67. The van der Waals surface area contributed by atoms with Crippen LogP contribution in [0.3, 0.4) is 0 Å². The summed E-state index contributed by atoms with van der Waals surface area (Å²) in [6.07, 6.45) is 0. The Balaban J connectivity index is 1.42. The molecule has 49 heavy (non-hydrogen) atoms. The van der Waals surface area contributed by atoms with E-state index in [1.165, 1.54) is 0 Å². The molecule has 0 amide bonds. The van der Waals surface area contributed by atoms with Crippen LogP contribution in [0.4, 0.5) is 0 Å². The highest BCUT2D eigenvalue weighted by Gasteiger charge is 2.23. The second kappa shape index (κ2) is 12.2. The molecule has 0 aliphatic rings. The van der Waals surface area contributed by atoms with Crippen LogP contribution < -0.4 is 0 Å². The van der Waals surface area contributed by atoms with Gasteiger partial charge in [-0.25, -0.2) is 9.97 Å². The fourth-order valence-corrected chi connectivity index (χ4v) is 6.78. The minimum atomic E-state index is 0.677. The van der Waals surface area contributed by atoms with E-state index >= 15 is 0 Å². The van der Waals surface area contributed by atoms with Crippen molar-refractivity contribution in [2.45, 2.75) is 0 Å². The van der Waals surface area contributed by atoms with E-state index in [-0.39, 0.29) is 0 Å². The predicted octanol–water partition coefficient (Wildman–Crippen LogP) is 12.4. The van der Waals surface area contributed by atoms with Crippen LogP contribution in [0.2, 0.25) is 0 Å². The van der Waals surface area contributed by atoms with Crippen LogP contribution in [0.15, 0.2) is 186 Å². The Morgan fingerprint density at radius 1 is 0.347 bits per heavy atom. The first-order valence-corrected chi connectivity index (χ1v) is 16.5. The summed E-state index contributed by atoms with van der Waals surface area (Å²) in [5.41, 5.74) is 13.0. The molecule has 0 bridgehead atoms. The SMILES string of the molecule is c1ccc(-c2cc(-c3ccccc3)c(-c3cc(-c4ccccc4)nc(-c4ccccc4)n3)c(-c3cccc4c3oc3ccccc34)c2)cc1. The molecule has 3 heteroatoms. The van der Waals surface area contributed by atoms with Gasteiger partial charge in [0.1, 0.15) is 11.2 Å². The fourth-order valence-electron chi connectivity index (χ4n) is 6.78. The largest absolute Gasteiger partial charge is 0.455 e. The van der Waals surface area contributed by atoms with Gasteiger partial charge < -0.3 is 4.42 Å². The molecular formula is C46H30N2O. The zero-order valence-electron chi connectivity index (χ0n) is 26.6. The summed E-state index contributed by atoms with van der Waals surface area (Å²) in [6, 6.07) is 63.2. The maximum absolute atomic E-state index is 6.67. The van der Waals surface area contributed by atoms with E-state index < -0.39 is 0 Å². The molecule has 0 unspecified atom stereocenters. The van der Waals surface area contributed by atoms with Crippen molar-refractivity contribution in [2.75, 3.05) is 0 Å². The molecule has 7 aromatic carbocycles. The Bertz CT molecular complexity index is 2520. The molecule has 2 aromatic heterocycles. The maximum atomic E-state index is 6.67. The predicted molar refractivity (Wildman–Crippen MR) is 202 cm³/mol. The van der Waals surface area contributed by atoms with E-state index in [2.05, 4.69) is 146 Å². The van der Waals surface area contributed by atoms with Crippen LogP contribution >= 0.6 is 0 Å². The molecule has 0 spiro atoms. The summed E-state index contributed by atoms with van der Waals surface area (Å²) in [6.45, 7) is 0. The van der Waals surface area contributed by atoms with Gasteiger partial charge in [-0.2, -0.15) is 0 Å². The summed E-state index contributed by atoms with van der Waals surface area (Å²) in [5.74, 6) is 0.677. The molecule has 0 radical (unpaired) electrons. The van der Waals surface area contributed by atoms with E-state index in [0.29, 0.717) is 5.82 Å². The molecule has 0 saturated heterocycles. The van der Waals surface area contributed by atoms with Gasteiger partial charge in [0.05, 0.1) is 11.4 Å². The number of fused-ring (bicyclic) bond motifs is 3. The molecule has 0 aliphatic carbocycles. The lowest BCUT2D eigenvalue weighted by Gasteiger charge is -2.20. The second-order valence-electron chi connectivity index (χ2n) is 12.2. The van der Waals surface area contributed by atoms with Crippen LogP contribution in [0.5, 0.6) is 0 Å². The fraction of sp³-hybridized carbons (Fsp3) is 0. The van der Waals surface area contributed by atoms with Crippen LogP contribution in [0.25, 0.3) is 89.2 Å². The van der Waals surface area contributed by atoms with E-state index in [0.717, 1.165) is 83.4 Å². The van der Waals surface area contributed by atoms with Gasteiger partial charge in [-0.15, -0.1) is 0 Å². The number of para-hydroxylation sites is 2. The molecule has 9 rings (SSSR count). The summed E-state index contributed by atoms with van der Waals surface area (Å²) in [5, 5.41) is 2.19. The molecular weight excluding hydrogens is 597 g/mol. The molecule has 3 nitrogen and oxygen atoms in total. The van der Waals surface area contributed by atoms with Crippen LogP contribution in [0.1, 0.15) is 0 Å². The zero-order valence-corrected chi connectivity index (χ0v) is 26.6. The first-order chi connectivity index (χ1) is 24.3. The topological polar surface area (TPSA) is 38.9 Å². The first kappa shape index (κ1) is 28.6. The average molecular weight is 627 g/mol. The van der Waals surface area contributed by atoms with E-state index in [1.807, 2.05) is 36.4 Å². The lowest BCUT2D eigenvalue weighted by Crippen LogP contribution is -1.99. The average Bonchev–Trinajstić information content (AvgIpc) is 3.58. The molecule has 9 aromatic rings. The minimum absolute atomic E-state index is 0.677. The van der Waals surface area contributed by atoms with Gasteiger partial charge in [0.2, 0.25) is 0 Å². The van der Waals surface area contributed by atoms with Gasteiger partial charge >= 0.3 is 0 Å². The molecule has 0 atom stereocenters. The van der Waals surface area contributed by atoms with Crippen molar-refractivity contribution in [2.24, 2.45) is 0 Å². The van der Waals surface area contributed by atoms with Gasteiger partial charge in [0.15, 0.2) is 5.82 Å². The van der Waals surface area contributed by atoms with Crippen molar-refractivity contribution in [1.82, 2.24) is 9.97 Å². The van der Waals surface area contributed by atoms with E-state index in [1.54, 1.807) is 0 Å². The second-order valence-corrected chi connectivity index (χ2v) is 12.2. The lowest BCUT2D eigenvalue weighted by molar-refractivity contribution is 0.670. The Morgan fingerprint density at radius 2 is 0.898 bits per heavy atom. The van der Waals surface area contributed by atoms with Crippen molar-refractivity contribution in [3.63, 3.8) is 0 Å². The Labute approximate surface area is 284 Å². The van der Waals surface area contributed by atoms with E-state index in [4.69, 9.17) is 14.4 Å². The first-order valence-electron chi connectivity index (χ1n) is 16.5. The van der Waals surface area contributed by atoms with Gasteiger partial charge in [0.25, 0.3) is 0 Å². The number of hydrogen-bond acceptors (Lipinski definition) is 3. The van der Waals surface area contributed by atoms with Gasteiger partial charge in [-0.1, -0.05) is 158 Å². The molecule has 0 saturated carbocycles. The number of aromatic nitrogens is 2. The van der Waals surface area contributed by atoms with Crippen LogP contribution in [-0.2, 0) is 0 Å². The van der Waals surface area contributed by atoms with Crippen LogP contribution in [-0.4, -0.2) is 9.97 Å². The van der Waals surface area contributed by atoms with Gasteiger partial charge in [-0.3, -0.25) is 0 Å². The Hall–Kier alpha value is -6.58. The van der Waals surface area contributed by atoms with Gasteiger partial charge in [-0.05, 0) is 52.1 Å². The van der Waals surface area contributed by atoms with Gasteiger partial charge in [0, 0.05) is 33.0 Å². The Morgan fingerprint density at radius 3 is 1.61 bits per heavy atom. The zero-order chi connectivity index (χ0) is 32.6. The lowest BCUT2D eigenvalue weighted by atomic mass is 9.85. The highest BCUT2D eigenvalue weighted by Crippen LogP contribution is 2.46. The molecule has 230 valence electrons. The normalized spacial score (nSPS) is 11.3. The highest BCUT2D eigenvalue weighted by molar-refractivity contribution is 6.12. The summed E-state index contributed by atoms with van der Waals surface area (Å²) >= 11 is 0. The standard InChI is InChI=1S/C46H30N2O/c1-5-16-31(17-6-1)35-28-39(32-18-7-2-8-19-32)44(40(29-35)38-26-15-25-37-36-24-13-14-27-43(36)49-45(37)38)42-30-41(33-20-9-3-10-21-33)47-46(48-42)34-22-11-4-12-23-34/h1-30H. The van der Waals surface area contributed by atoms with Crippen molar-refractivity contribution in [1.29, 1.82) is 0 Å². The highest BCUT2D eigenvalue weighted by atomic mass is 16.3. The third-order valence-electron chi connectivity index (χ3n) is 9.11. The van der Waals surface area contributed by atoms with Crippen molar-refractivity contribution in [3.05, 3.63) is 182 Å². The number of hydrogen-bond donors (Lipinski definition) is 0. The number of nitrogens with zero attached hydrogens (tertiary/aromatic N) is 2. The van der Waals surface area contributed by atoms with Crippen molar-refractivity contribution in [3.8, 4) is 67.3 Å². The molecule has 0 aliphatic heterocycles. The molecule has 0 N–H and O–H groups in total. The molecule has 2 heterocycles. The van der Waals surface area contributed by atoms with Crippen molar-refractivity contribution < 1.29 is 4.42 Å². The Kier molecular flexibility index (Phi) is 7.14. The third kappa shape index (κ3) is 5.28.